The third-order valence-electron chi connectivity index (χ3n) is 4.90. The molecule has 6 aromatic rings. The van der Waals surface area contributed by atoms with Gasteiger partial charge in [0.05, 0.1) is 5.48 Å². The third kappa shape index (κ3) is 5.12. The van der Waals surface area contributed by atoms with Crippen LogP contribution in [0, 0.1) is 25.9 Å². The van der Waals surface area contributed by atoms with Crippen molar-refractivity contribution in [2.24, 2.45) is 0 Å². The molecule has 2 aromatic carbocycles. The molecule has 169 valence electrons. The number of rotatable bonds is 2. The SMILES string of the molecule is Cc1ccc(-c2[c-]cccc2)nc1.[2H]c1nc(-c2[c-]ccc3c2sc2nc(C([2H])([2H])[2H])ccc23)c([2H])c([2H])c1[2H].[Ir]. The molecule has 0 aliphatic heterocycles. The molecule has 6 rings (SSSR count). The van der Waals surface area contributed by atoms with Gasteiger partial charge in [-0.25, -0.2) is 4.98 Å². The predicted octanol–water partition coefficient (Wildman–Crippen LogP) is 7.47. The van der Waals surface area contributed by atoms with Gasteiger partial charge in [0.25, 0.3) is 0 Å². The summed E-state index contributed by atoms with van der Waals surface area (Å²) in [6.45, 7) is -0.273. The van der Waals surface area contributed by atoms with E-state index in [0.29, 0.717) is 15.1 Å². The number of aromatic nitrogens is 3. The van der Waals surface area contributed by atoms with Crippen LogP contribution in [0.2, 0.25) is 0 Å². The second-order valence-corrected chi connectivity index (χ2v) is 8.19. The fourth-order valence-corrected chi connectivity index (χ4v) is 4.50. The Labute approximate surface area is 226 Å². The van der Waals surface area contributed by atoms with Crippen LogP contribution in [0.1, 0.15) is 20.9 Å². The molecule has 0 spiro atoms. The third-order valence-corrected chi connectivity index (χ3v) is 6.03. The van der Waals surface area contributed by atoms with Gasteiger partial charge < -0.3 is 9.97 Å². The first kappa shape index (κ1) is 16.4. The van der Waals surface area contributed by atoms with E-state index in [1.165, 1.54) is 23.0 Å². The number of benzene rings is 2. The number of hydrogen-bond donors (Lipinski definition) is 0. The number of hydrogen-bond acceptors (Lipinski definition) is 4. The Morgan fingerprint density at radius 1 is 0.912 bits per heavy atom. The van der Waals surface area contributed by atoms with Crippen molar-refractivity contribution in [1.29, 1.82) is 0 Å². The second-order valence-electron chi connectivity index (χ2n) is 7.19. The van der Waals surface area contributed by atoms with E-state index < -0.39 is 12.9 Å². The smallest absolute Gasteiger partial charge is 0.113 e. The van der Waals surface area contributed by atoms with E-state index in [1.54, 1.807) is 12.1 Å². The summed E-state index contributed by atoms with van der Waals surface area (Å²) in [7, 11) is 0. The molecule has 1 radical (unpaired) electrons. The Bertz CT molecular complexity index is 1840. The van der Waals surface area contributed by atoms with Crippen molar-refractivity contribution in [1.82, 2.24) is 15.0 Å². The summed E-state index contributed by atoms with van der Waals surface area (Å²) in [5, 5.41) is 1.58. The van der Waals surface area contributed by atoms with Gasteiger partial charge in [-0.15, -0.1) is 59.7 Å². The fourth-order valence-electron chi connectivity index (χ4n) is 3.33. The molecule has 0 N–H and O–H groups in total. The van der Waals surface area contributed by atoms with Crippen molar-refractivity contribution in [3.05, 3.63) is 115 Å². The zero-order chi connectivity index (χ0) is 28.6. The summed E-state index contributed by atoms with van der Waals surface area (Å²) < 4.78 is 54.7. The van der Waals surface area contributed by atoms with E-state index in [0.717, 1.165) is 22.0 Å². The zero-order valence-corrected chi connectivity index (χ0v) is 21.1. The molecule has 0 bridgehead atoms. The minimum Gasteiger partial charge on any atom is -0.305 e. The summed E-state index contributed by atoms with van der Waals surface area (Å²) >= 11 is 1.25. The van der Waals surface area contributed by atoms with Gasteiger partial charge in [0.15, 0.2) is 0 Å². The van der Waals surface area contributed by atoms with Crippen LogP contribution in [-0.4, -0.2) is 15.0 Å². The first-order valence-corrected chi connectivity index (χ1v) is 10.9. The Morgan fingerprint density at radius 2 is 1.85 bits per heavy atom. The van der Waals surface area contributed by atoms with Crippen LogP contribution in [0.4, 0.5) is 0 Å². The molecule has 0 aliphatic carbocycles. The van der Waals surface area contributed by atoms with E-state index in [9.17, 15) is 0 Å². The average Bonchev–Trinajstić information content (AvgIpc) is 3.33. The molecule has 0 saturated heterocycles. The maximum Gasteiger partial charge on any atom is 0.113 e. The zero-order valence-electron chi connectivity index (χ0n) is 24.9. The van der Waals surface area contributed by atoms with Gasteiger partial charge in [-0.3, -0.25) is 0 Å². The summed E-state index contributed by atoms with van der Waals surface area (Å²) in [5.41, 5.74) is 3.76. The van der Waals surface area contributed by atoms with Gasteiger partial charge in [0.1, 0.15) is 4.83 Å². The first-order chi connectivity index (χ1) is 19.0. The minimum absolute atomic E-state index is 0. The standard InChI is InChI=1S/C17H11N2S.C12H10N.Ir/c1-11-8-9-13-12-5-4-6-14(15-7-2-3-10-18-15)16(12)20-17(13)19-11;1-10-7-8-12(13-9-10)11-5-3-2-4-6-11;/h2-5,7-10H,1H3;2-5,7-9H,1H3;/q2*-1;/i1D3,2D,3D,7D,10D;;. The van der Waals surface area contributed by atoms with Gasteiger partial charge in [-0.05, 0) is 52.9 Å². The van der Waals surface area contributed by atoms with E-state index in [4.69, 9.17) is 9.60 Å². The van der Waals surface area contributed by atoms with Crippen LogP contribution in [-0.2, 0) is 20.1 Å². The predicted molar refractivity (Wildman–Crippen MR) is 137 cm³/mol. The van der Waals surface area contributed by atoms with Gasteiger partial charge in [-0.1, -0.05) is 35.7 Å². The van der Waals surface area contributed by atoms with Crippen molar-refractivity contribution < 1.29 is 29.7 Å². The summed E-state index contributed by atoms with van der Waals surface area (Å²) in [5.74, 6) is 0. The number of nitrogens with zero attached hydrogens (tertiary/aromatic N) is 3. The van der Waals surface area contributed by atoms with Crippen molar-refractivity contribution >= 4 is 31.6 Å². The van der Waals surface area contributed by atoms with Crippen LogP contribution in [0.25, 0.3) is 42.8 Å². The number of thiophene rings is 1. The Kier molecular flexibility index (Phi) is 5.20. The molecular formula is C29H21IrN3S-2. The number of aryl methyl sites for hydroxylation is 2. The van der Waals surface area contributed by atoms with Crippen molar-refractivity contribution in [3.63, 3.8) is 0 Å². The van der Waals surface area contributed by atoms with Gasteiger partial charge >= 0.3 is 0 Å². The Hall–Kier alpha value is -3.24. The summed E-state index contributed by atoms with van der Waals surface area (Å²) in [6.07, 6.45) is 1.50. The van der Waals surface area contributed by atoms with Crippen molar-refractivity contribution in [2.45, 2.75) is 13.8 Å². The van der Waals surface area contributed by atoms with E-state index in [2.05, 4.69) is 33.2 Å². The molecule has 0 aliphatic rings. The Morgan fingerprint density at radius 3 is 2.65 bits per heavy atom. The van der Waals surface area contributed by atoms with E-state index in [1.807, 2.05) is 49.5 Å². The van der Waals surface area contributed by atoms with E-state index in [-0.39, 0.29) is 49.8 Å². The van der Waals surface area contributed by atoms with Crippen LogP contribution >= 0.6 is 11.3 Å². The monoisotopic (exact) mass is 643 g/mol. The molecule has 4 heterocycles. The van der Waals surface area contributed by atoms with Gasteiger partial charge in [0.2, 0.25) is 0 Å². The topological polar surface area (TPSA) is 38.7 Å². The van der Waals surface area contributed by atoms with Crippen LogP contribution in [0.3, 0.4) is 0 Å². The number of fused-ring (bicyclic) bond motifs is 3. The summed E-state index contributed by atoms with van der Waals surface area (Å²) in [4.78, 5) is 13.1. The largest absolute Gasteiger partial charge is 0.305 e. The van der Waals surface area contributed by atoms with Gasteiger partial charge in [-0.2, -0.15) is 11.3 Å². The molecule has 0 amide bonds. The van der Waals surface area contributed by atoms with Crippen LogP contribution < -0.4 is 0 Å². The molecule has 4 aromatic heterocycles. The quantitative estimate of drug-likeness (QED) is 0.184. The molecule has 0 unspecified atom stereocenters. The molecular weight excluding hydrogens is 615 g/mol. The van der Waals surface area contributed by atoms with Crippen molar-refractivity contribution in [2.75, 3.05) is 0 Å². The van der Waals surface area contributed by atoms with Crippen LogP contribution in [0.5, 0.6) is 0 Å². The second kappa shape index (κ2) is 10.8. The maximum absolute atomic E-state index is 8.14. The molecule has 34 heavy (non-hydrogen) atoms. The average molecular weight is 643 g/mol. The van der Waals surface area contributed by atoms with Gasteiger partial charge in [0, 0.05) is 42.3 Å². The fraction of sp³-hybridized carbons (Fsp3) is 0.0690. The maximum atomic E-state index is 8.14. The Balaban J connectivity index is 0.000000233. The van der Waals surface area contributed by atoms with E-state index >= 15 is 0 Å². The molecule has 0 saturated carbocycles. The minimum atomic E-state index is -2.31. The summed E-state index contributed by atoms with van der Waals surface area (Å²) in [6, 6.07) is 23.8. The first-order valence-electron chi connectivity index (χ1n) is 13.6. The molecule has 0 fully saturated rings. The van der Waals surface area contributed by atoms with Crippen LogP contribution in [0.15, 0.2) is 91.2 Å². The van der Waals surface area contributed by atoms with Crippen molar-refractivity contribution in [3.8, 4) is 22.5 Å². The molecule has 5 heteroatoms. The number of pyridine rings is 3. The molecule has 3 nitrogen and oxygen atoms in total. The molecule has 0 atom stereocenters. The normalized spacial score (nSPS) is 13.7.